The quantitative estimate of drug-likeness (QED) is 0.594. The highest BCUT2D eigenvalue weighted by atomic mass is 19.4. The average molecular weight is 462 g/mol. The Bertz CT molecular complexity index is 769. The van der Waals surface area contributed by atoms with Crippen LogP contribution in [0.4, 0.5) is 23.8 Å². The van der Waals surface area contributed by atoms with E-state index in [9.17, 15) is 27.9 Å². The number of hydrogen-bond donors (Lipinski definition) is 3. The SMILES string of the molecule is CCN(CC)c1ccc(CNC(=O)N2CC(C)CC(C(=O)O)C2)cn1.O=C(O)C(F)(F)F. The first-order chi connectivity index (χ1) is 14.9. The Morgan fingerprint density at radius 1 is 1.19 bits per heavy atom. The zero-order chi connectivity index (χ0) is 24.5. The number of aromatic nitrogens is 1. The Labute approximate surface area is 184 Å². The first-order valence-electron chi connectivity index (χ1n) is 10.1. The average Bonchev–Trinajstić information content (AvgIpc) is 2.73. The Balaban J connectivity index is 0.000000633. The summed E-state index contributed by atoms with van der Waals surface area (Å²) in [6, 6.07) is 3.70. The highest BCUT2D eigenvalue weighted by molar-refractivity contribution is 5.76. The van der Waals surface area contributed by atoms with Gasteiger partial charge in [0.25, 0.3) is 0 Å². The second kappa shape index (κ2) is 12.1. The molecule has 32 heavy (non-hydrogen) atoms. The minimum Gasteiger partial charge on any atom is -0.481 e. The lowest BCUT2D eigenvalue weighted by Crippen LogP contribution is -2.49. The predicted molar refractivity (Wildman–Crippen MR) is 110 cm³/mol. The van der Waals surface area contributed by atoms with Crippen LogP contribution >= 0.6 is 0 Å². The molecule has 0 saturated carbocycles. The van der Waals surface area contributed by atoms with Gasteiger partial charge in [0.15, 0.2) is 0 Å². The fourth-order valence-electron chi connectivity index (χ4n) is 3.24. The van der Waals surface area contributed by atoms with E-state index < -0.39 is 24.0 Å². The summed E-state index contributed by atoms with van der Waals surface area (Å²) >= 11 is 0. The fourth-order valence-corrected chi connectivity index (χ4v) is 3.24. The van der Waals surface area contributed by atoms with E-state index in [2.05, 4.69) is 29.0 Å². The van der Waals surface area contributed by atoms with Crippen LogP contribution in [-0.4, -0.2) is 70.4 Å². The lowest BCUT2D eigenvalue weighted by Gasteiger charge is -2.34. The molecule has 3 N–H and O–H groups in total. The number of alkyl halides is 3. The summed E-state index contributed by atoms with van der Waals surface area (Å²) in [5.74, 6) is -2.96. The molecule has 1 aromatic rings. The van der Waals surface area contributed by atoms with Crippen LogP contribution in [0.15, 0.2) is 18.3 Å². The second-order valence-electron chi connectivity index (χ2n) is 7.44. The van der Waals surface area contributed by atoms with Gasteiger partial charge in [-0.25, -0.2) is 14.6 Å². The molecule has 2 atom stereocenters. The number of piperidine rings is 1. The lowest BCUT2D eigenvalue weighted by atomic mass is 9.91. The van der Waals surface area contributed by atoms with Gasteiger partial charge in [-0.2, -0.15) is 13.2 Å². The van der Waals surface area contributed by atoms with Crippen molar-refractivity contribution in [2.24, 2.45) is 11.8 Å². The first kappa shape index (κ1) is 27.0. The summed E-state index contributed by atoms with van der Waals surface area (Å²) in [6.07, 6.45) is -2.69. The normalized spacial score (nSPS) is 18.2. The largest absolute Gasteiger partial charge is 0.490 e. The summed E-state index contributed by atoms with van der Waals surface area (Å²) in [5.41, 5.74) is 0.920. The van der Waals surface area contributed by atoms with Crippen molar-refractivity contribution in [3.8, 4) is 0 Å². The standard InChI is InChI=1S/C18H28N4O3.C2HF3O2/c1-4-21(5-2)16-7-6-14(9-19-16)10-20-18(25)22-11-13(3)8-15(12-22)17(23)24;3-2(4,5)1(6)7/h6-7,9,13,15H,4-5,8,10-12H2,1-3H3,(H,20,25)(H,23,24);(H,6,7). The molecule has 2 heterocycles. The summed E-state index contributed by atoms with van der Waals surface area (Å²) < 4.78 is 31.7. The summed E-state index contributed by atoms with van der Waals surface area (Å²) in [6.45, 7) is 9.19. The highest BCUT2D eigenvalue weighted by Gasteiger charge is 2.38. The Morgan fingerprint density at radius 3 is 2.22 bits per heavy atom. The number of nitrogens with zero attached hydrogens (tertiary/aromatic N) is 3. The van der Waals surface area contributed by atoms with Crippen LogP contribution in [0, 0.1) is 11.8 Å². The van der Waals surface area contributed by atoms with E-state index in [0.29, 0.717) is 19.5 Å². The van der Waals surface area contributed by atoms with Crippen molar-refractivity contribution in [1.82, 2.24) is 15.2 Å². The molecule has 0 aliphatic carbocycles. The minimum absolute atomic E-state index is 0.190. The Hall–Kier alpha value is -3.05. The number of aliphatic carboxylic acids is 2. The van der Waals surface area contributed by atoms with Crippen LogP contribution in [0.2, 0.25) is 0 Å². The van der Waals surface area contributed by atoms with Crippen molar-refractivity contribution in [2.75, 3.05) is 31.1 Å². The fraction of sp³-hybridized carbons (Fsp3) is 0.600. The number of hydrogen-bond acceptors (Lipinski definition) is 5. The summed E-state index contributed by atoms with van der Waals surface area (Å²) in [5, 5.41) is 19.2. The zero-order valence-electron chi connectivity index (χ0n) is 18.2. The molecule has 1 saturated heterocycles. The molecule has 2 amide bonds. The number of urea groups is 1. The Kier molecular flexibility index (Phi) is 10.2. The number of pyridine rings is 1. The number of carbonyl (C=O) groups is 3. The molecule has 1 fully saturated rings. The molecule has 1 aliphatic heterocycles. The van der Waals surface area contributed by atoms with Crippen LogP contribution in [0.3, 0.4) is 0 Å². The number of anilines is 1. The van der Waals surface area contributed by atoms with Gasteiger partial charge in [0.1, 0.15) is 5.82 Å². The van der Waals surface area contributed by atoms with E-state index >= 15 is 0 Å². The number of halogens is 3. The maximum absolute atomic E-state index is 12.3. The van der Waals surface area contributed by atoms with Gasteiger partial charge in [0, 0.05) is 38.9 Å². The van der Waals surface area contributed by atoms with E-state index in [4.69, 9.17) is 9.90 Å². The monoisotopic (exact) mass is 462 g/mol. The highest BCUT2D eigenvalue weighted by Crippen LogP contribution is 2.22. The first-order valence-corrected chi connectivity index (χ1v) is 10.1. The molecule has 2 unspecified atom stereocenters. The van der Waals surface area contributed by atoms with Crippen molar-refractivity contribution in [3.63, 3.8) is 0 Å². The van der Waals surface area contributed by atoms with E-state index in [1.54, 1.807) is 11.1 Å². The van der Waals surface area contributed by atoms with Crippen LogP contribution in [0.1, 0.15) is 32.8 Å². The van der Waals surface area contributed by atoms with Gasteiger partial charge in [0.2, 0.25) is 0 Å². The number of nitrogens with one attached hydrogen (secondary N) is 1. The number of carboxylic acid groups (broad SMARTS) is 2. The Morgan fingerprint density at radius 2 is 1.78 bits per heavy atom. The van der Waals surface area contributed by atoms with E-state index in [1.807, 2.05) is 19.1 Å². The van der Waals surface area contributed by atoms with Crippen molar-refractivity contribution in [2.45, 2.75) is 39.9 Å². The van der Waals surface area contributed by atoms with E-state index in [-0.39, 0.29) is 18.5 Å². The third-order valence-electron chi connectivity index (χ3n) is 4.88. The third-order valence-corrected chi connectivity index (χ3v) is 4.88. The van der Waals surface area contributed by atoms with Crippen molar-refractivity contribution >= 4 is 23.8 Å². The summed E-state index contributed by atoms with van der Waals surface area (Å²) in [7, 11) is 0. The van der Waals surface area contributed by atoms with Crippen LogP contribution in [0.25, 0.3) is 0 Å². The molecule has 2 rings (SSSR count). The molecule has 1 aromatic heterocycles. The number of likely N-dealkylation sites (tertiary alicyclic amines) is 1. The molecular weight excluding hydrogens is 433 g/mol. The molecule has 0 spiro atoms. The van der Waals surface area contributed by atoms with Crippen molar-refractivity contribution < 1.29 is 37.8 Å². The van der Waals surface area contributed by atoms with Gasteiger partial charge in [-0.3, -0.25) is 4.79 Å². The van der Waals surface area contributed by atoms with Crippen LogP contribution < -0.4 is 10.2 Å². The summed E-state index contributed by atoms with van der Waals surface area (Å²) in [4.78, 5) is 40.7. The second-order valence-corrected chi connectivity index (χ2v) is 7.44. The van der Waals surface area contributed by atoms with Gasteiger partial charge >= 0.3 is 24.1 Å². The maximum atomic E-state index is 12.3. The van der Waals surface area contributed by atoms with Gasteiger partial charge in [-0.05, 0) is 37.8 Å². The number of carboxylic acids is 2. The minimum atomic E-state index is -5.08. The maximum Gasteiger partial charge on any atom is 0.490 e. The molecule has 0 aromatic carbocycles. The third kappa shape index (κ3) is 8.60. The number of carbonyl (C=O) groups excluding carboxylic acids is 1. The van der Waals surface area contributed by atoms with Gasteiger partial charge in [0.05, 0.1) is 5.92 Å². The molecule has 9 nitrogen and oxygen atoms in total. The molecule has 1 aliphatic rings. The van der Waals surface area contributed by atoms with Gasteiger partial charge in [-0.15, -0.1) is 0 Å². The van der Waals surface area contributed by atoms with E-state index in [1.165, 1.54) is 0 Å². The smallest absolute Gasteiger partial charge is 0.481 e. The molecule has 180 valence electrons. The number of rotatable bonds is 6. The zero-order valence-corrected chi connectivity index (χ0v) is 18.2. The van der Waals surface area contributed by atoms with Crippen LogP contribution in [-0.2, 0) is 16.1 Å². The van der Waals surface area contributed by atoms with Crippen molar-refractivity contribution in [1.29, 1.82) is 0 Å². The van der Waals surface area contributed by atoms with E-state index in [0.717, 1.165) is 24.5 Å². The number of amides is 2. The topological polar surface area (TPSA) is 123 Å². The molecule has 0 radical (unpaired) electrons. The molecule has 0 bridgehead atoms. The van der Waals surface area contributed by atoms with Gasteiger partial charge < -0.3 is 25.3 Å². The van der Waals surface area contributed by atoms with Crippen LogP contribution in [0.5, 0.6) is 0 Å². The van der Waals surface area contributed by atoms with Crippen molar-refractivity contribution in [3.05, 3.63) is 23.9 Å². The molecule has 12 heteroatoms. The van der Waals surface area contributed by atoms with Gasteiger partial charge in [-0.1, -0.05) is 13.0 Å². The molecular formula is C20H29F3N4O5. The lowest BCUT2D eigenvalue weighted by molar-refractivity contribution is -0.192. The predicted octanol–water partition coefficient (Wildman–Crippen LogP) is 2.81.